The minimum atomic E-state index is -0.0768. The summed E-state index contributed by atoms with van der Waals surface area (Å²) in [5.41, 5.74) is 6.86. The van der Waals surface area contributed by atoms with Gasteiger partial charge in [-0.25, -0.2) is 4.99 Å². The van der Waals surface area contributed by atoms with Crippen LogP contribution in [0.4, 0.5) is 0 Å². The Bertz CT molecular complexity index is 351. The standard InChI is InChI=1S/C13H24N4O/c1-16(2)10-5-4-8-17(9-10)13-11(14)6-7-12(15-13)18-3/h6,10,12H,4-5,7-9,14H2,1-3H3. The maximum absolute atomic E-state index is 6.07. The molecule has 0 aromatic rings. The van der Waals surface area contributed by atoms with Gasteiger partial charge in [0, 0.05) is 32.7 Å². The average Bonchev–Trinajstić information content (AvgIpc) is 2.39. The first kappa shape index (κ1) is 13.4. The molecule has 0 aromatic carbocycles. The van der Waals surface area contributed by atoms with Gasteiger partial charge in [-0.05, 0) is 26.9 Å². The number of hydrogen-bond donors (Lipinski definition) is 1. The number of hydrogen-bond acceptors (Lipinski definition) is 5. The van der Waals surface area contributed by atoms with E-state index in [9.17, 15) is 0 Å². The summed E-state index contributed by atoms with van der Waals surface area (Å²) in [6.07, 6.45) is 5.15. The second kappa shape index (κ2) is 5.71. The van der Waals surface area contributed by atoms with Crippen LogP contribution in [0.15, 0.2) is 16.8 Å². The monoisotopic (exact) mass is 252 g/mol. The van der Waals surface area contributed by atoms with Gasteiger partial charge in [-0.1, -0.05) is 6.08 Å². The highest BCUT2D eigenvalue weighted by Crippen LogP contribution is 2.19. The number of rotatable bonds is 2. The zero-order valence-electron chi connectivity index (χ0n) is 11.6. The number of dihydropyridines is 1. The Hall–Kier alpha value is -1.07. The molecule has 2 unspecified atom stereocenters. The third-order valence-corrected chi connectivity index (χ3v) is 3.76. The van der Waals surface area contributed by atoms with Gasteiger partial charge in [-0.3, -0.25) is 0 Å². The summed E-state index contributed by atoms with van der Waals surface area (Å²) in [4.78, 5) is 9.19. The van der Waals surface area contributed by atoms with Crippen molar-refractivity contribution in [2.75, 3.05) is 34.3 Å². The number of ether oxygens (including phenoxy) is 1. The third-order valence-electron chi connectivity index (χ3n) is 3.76. The molecule has 2 aliphatic rings. The average molecular weight is 252 g/mol. The number of likely N-dealkylation sites (N-methyl/N-ethyl adjacent to an activating group) is 1. The quantitative estimate of drug-likeness (QED) is 0.783. The van der Waals surface area contributed by atoms with E-state index in [2.05, 4.69) is 28.9 Å². The normalized spacial score (nSPS) is 29.2. The fourth-order valence-electron chi connectivity index (χ4n) is 2.56. The molecule has 0 saturated carbocycles. The first-order valence-electron chi connectivity index (χ1n) is 6.59. The number of amidine groups is 1. The van der Waals surface area contributed by atoms with E-state index in [0.29, 0.717) is 6.04 Å². The fourth-order valence-corrected chi connectivity index (χ4v) is 2.56. The second-order valence-corrected chi connectivity index (χ2v) is 5.24. The van der Waals surface area contributed by atoms with Crippen LogP contribution in [-0.4, -0.2) is 62.2 Å². The van der Waals surface area contributed by atoms with Gasteiger partial charge < -0.3 is 20.3 Å². The van der Waals surface area contributed by atoms with Crippen molar-refractivity contribution in [3.8, 4) is 0 Å². The Morgan fingerprint density at radius 1 is 1.50 bits per heavy atom. The van der Waals surface area contributed by atoms with Gasteiger partial charge in [-0.15, -0.1) is 0 Å². The van der Waals surface area contributed by atoms with Crippen molar-refractivity contribution in [1.82, 2.24) is 9.80 Å². The molecule has 2 rings (SSSR count). The van der Waals surface area contributed by atoms with E-state index in [1.807, 2.05) is 6.08 Å². The van der Waals surface area contributed by atoms with E-state index in [1.165, 1.54) is 12.8 Å². The largest absolute Gasteiger partial charge is 0.396 e. The molecule has 2 heterocycles. The predicted octanol–water partition coefficient (Wildman–Crippen LogP) is 0.630. The summed E-state index contributed by atoms with van der Waals surface area (Å²) in [5, 5.41) is 0. The van der Waals surface area contributed by atoms with Gasteiger partial charge in [0.15, 0.2) is 6.23 Å². The Morgan fingerprint density at radius 2 is 2.28 bits per heavy atom. The Labute approximate surface area is 109 Å². The third kappa shape index (κ3) is 2.84. The molecule has 1 saturated heterocycles. The minimum absolute atomic E-state index is 0.0768. The van der Waals surface area contributed by atoms with Crippen LogP contribution in [0.25, 0.3) is 0 Å². The summed E-state index contributed by atoms with van der Waals surface area (Å²) in [6.45, 7) is 2.03. The molecule has 0 bridgehead atoms. The molecule has 2 aliphatic heterocycles. The Balaban J connectivity index is 2.09. The van der Waals surface area contributed by atoms with Gasteiger partial charge in [0.1, 0.15) is 5.84 Å². The molecule has 0 radical (unpaired) electrons. The molecule has 0 amide bonds. The first-order valence-corrected chi connectivity index (χ1v) is 6.59. The van der Waals surface area contributed by atoms with Crippen molar-refractivity contribution >= 4 is 5.84 Å². The van der Waals surface area contributed by atoms with Gasteiger partial charge in [0.05, 0.1) is 5.70 Å². The van der Waals surface area contributed by atoms with Crippen molar-refractivity contribution in [3.63, 3.8) is 0 Å². The lowest BCUT2D eigenvalue weighted by molar-refractivity contribution is 0.108. The van der Waals surface area contributed by atoms with E-state index in [1.54, 1.807) is 7.11 Å². The van der Waals surface area contributed by atoms with E-state index >= 15 is 0 Å². The molecule has 0 aromatic heterocycles. The molecule has 2 N–H and O–H groups in total. The van der Waals surface area contributed by atoms with E-state index < -0.39 is 0 Å². The van der Waals surface area contributed by atoms with E-state index in [-0.39, 0.29) is 6.23 Å². The molecule has 102 valence electrons. The van der Waals surface area contributed by atoms with Crippen molar-refractivity contribution in [1.29, 1.82) is 0 Å². The van der Waals surface area contributed by atoms with Crippen LogP contribution in [0.5, 0.6) is 0 Å². The van der Waals surface area contributed by atoms with E-state index in [0.717, 1.165) is 31.0 Å². The molecule has 5 nitrogen and oxygen atoms in total. The molecule has 0 spiro atoms. The van der Waals surface area contributed by atoms with Gasteiger partial charge in [-0.2, -0.15) is 0 Å². The van der Waals surface area contributed by atoms with Crippen molar-refractivity contribution < 1.29 is 4.74 Å². The number of nitrogens with two attached hydrogens (primary N) is 1. The fraction of sp³-hybridized carbons (Fsp3) is 0.769. The predicted molar refractivity (Wildman–Crippen MR) is 73.4 cm³/mol. The highest BCUT2D eigenvalue weighted by atomic mass is 16.5. The maximum atomic E-state index is 6.07. The zero-order valence-corrected chi connectivity index (χ0v) is 11.6. The summed E-state index contributed by atoms with van der Waals surface area (Å²) in [7, 11) is 5.96. The lowest BCUT2D eigenvalue weighted by Crippen LogP contribution is -2.49. The summed E-state index contributed by atoms with van der Waals surface area (Å²) >= 11 is 0. The van der Waals surface area contributed by atoms with Crippen molar-refractivity contribution in [2.45, 2.75) is 31.5 Å². The SMILES string of the molecule is COC1CC=C(N)C(N2CCCC(N(C)C)C2)=N1. The van der Waals surface area contributed by atoms with Crippen LogP contribution in [0.2, 0.25) is 0 Å². The molecule has 5 heteroatoms. The number of nitrogens with zero attached hydrogens (tertiary/aromatic N) is 3. The molecule has 18 heavy (non-hydrogen) atoms. The Kier molecular flexibility index (Phi) is 4.24. The molecular formula is C13H24N4O. The smallest absolute Gasteiger partial charge is 0.153 e. The number of piperidine rings is 1. The second-order valence-electron chi connectivity index (χ2n) is 5.24. The topological polar surface area (TPSA) is 54.1 Å². The lowest BCUT2D eigenvalue weighted by atomic mass is 10.0. The molecular weight excluding hydrogens is 228 g/mol. The maximum Gasteiger partial charge on any atom is 0.153 e. The summed E-state index contributed by atoms with van der Waals surface area (Å²) in [5.74, 6) is 0.916. The van der Waals surface area contributed by atoms with Crippen molar-refractivity contribution in [2.24, 2.45) is 10.7 Å². The van der Waals surface area contributed by atoms with Crippen LogP contribution < -0.4 is 5.73 Å². The molecule has 1 fully saturated rings. The van der Waals surface area contributed by atoms with Crippen LogP contribution in [0.1, 0.15) is 19.3 Å². The van der Waals surface area contributed by atoms with Crippen LogP contribution in [0.3, 0.4) is 0 Å². The van der Waals surface area contributed by atoms with Gasteiger partial charge in [0.2, 0.25) is 0 Å². The summed E-state index contributed by atoms with van der Waals surface area (Å²) in [6, 6.07) is 0.581. The van der Waals surface area contributed by atoms with Crippen LogP contribution in [0, 0.1) is 0 Å². The first-order chi connectivity index (χ1) is 8.61. The Morgan fingerprint density at radius 3 is 2.94 bits per heavy atom. The highest BCUT2D eigenvalue weighted by molar-refractivity contribution is 5.98. The molecule has 0 aliphatic carbocycles. The number of methoxy groups -OCH3 is 1. The molecule has 2 atom stereocenters. The van der Waals surface area contributed by atoms with Gasteiger partial charge in [0.25, 0.3) is 0 Å². The lowest BCUT2D eigenvalue weighted by Gasteiger charge is -2.38. The van der Waals surface area contributed by atoms with E-state index in [4.69, 9.17) is 10.5 Å². The number of aliphatic imine (C=N–C) groups is 1. The zero-order chi connectivity index (χ0) is 13.1. The van der Waals surface area contributed by atoms with Crippen LogP contribution >= 0.6 is 0 Å². The van der Waals surface area contributed by atoms with Gasteiger partial charge >= 0.3 is 0 Å². The summed E-state index contributed by atoms with van der Waals surface area (Å²) < 4.78 is 5.31. The highest BCUT2D eigenvalue weighted by Gasteiger charge is 2.26. The number of likely N-dealkylation sites (tertiary alicyclic amines) is 1. The van der Waals surface area contributed by atoms with Crippen molar-refractivity contribution in [3.05, 3.63) is 11.8 Å². The van der Waals surface area contributed by atoms with Crippen LogP contribution in [-0.2, 0) is 4.74 Å². The minimum Gasteiger partial charge on any atom is -0.396 e.